The first-order chi connectivity index (χ1) is 8.15. The molecule has 0 saturated carbocycles. The molecule has 1 aromatic heterocycles. The van der Waals surface area contributed by atoms with E-state index in [9.17, 15) is 4.79 Å². The van der Waals surface area contributed by atoms with Gasteiger partial charge in [0.1, 0.15) is 4.60 Å². The molecule has 1 N–H and O–H groups in total. The largest absolute Gasteiger partial charge is 0.344 e. The minimum absolute atomic E-state index is 0.239. The quantitative estimate of drug-likeness (QED) is 0.861. The fourth-order valence-corrected chi connectivity index (χ4v) is 2.36. The van der Waals surface area contributed by atoms with E-state index < -0.39 is 0 Å². The zero-order chi connectivity index (χ0) is 12.3. The van der Waals surface area contributed by atoms with Crippen LogP contribution in [0.3, 0.4) is 0 Å². The first-order valence-corrected chi connectivity index (χ1v) is 6.53. The third-order valence-electron chi connectivity index (χ3n) is 2.97. The van der Waals surface area contributed by atoms with Crippen molar-refractivity contribution in [2.45, 2.75) is 25.4 Å². The van der Waals surface area contributed by atoms with Crippen molar-refractivity contribution < 1.29 is 4.79 Å². The van der Waals surface area contributed by atoms with Gasteiger partial charge in [0, 0.05) is 32.6 Å². The summed E-state index contributed by atoms with van der Waals surface area (Å²) in [7, 11) is 1.85. The molecule has 1 aromatic rings. The summed E-state index contributed by atoms with van der Waals surface area (Å²) in [4.78, 5) is 17.5. The molecule has 1 unspecified atom stereocenters. The highest BCUT2D eigenvalue weighted by atomic mass is 79.9. The predicted octanol–water partition coefficient (Wildman–Crippen LogP) is 1.55. The summed E-state index contributed by atoms with van der Waals surface area (Å²) in [5.41, 5.74) is 1.01. The number of halogens is 1. The Morgan fingerprint density at radius 3 is 3.12 bits per heavy atom. The molecule has 1 saturated heterocycles. The molecule has 4 nitrogen and oxygen atoms in total. The second kappa shape index (κ2) is 5.60. The van der Waals surface area contributed by atoms with E-state index in [2.05, 4.69) is 26.2 Å². The van der Waals surface area contributed by atoms with E-state index in [-0.39, 0.29) is 5.91 Å². The summed E-state index contributed by atoms with van der Waals surface area (Å²) < 4.78 is 0.854. The molecule has 0 aromatic carbocycles. The number of rotatable bonds is 3. The minimum Gasteiger partial charge on any atom is -0.344 e. The lowest BCUT2D eigenvalue weighted by atomic mass is 10.1. The number of nitrogens with zero attached hydrogens (tertiary/aromatic N) is 2. The highest BCUT2D eigenvalue weighted by molar-refractivity contribution is 9.10. The van der Waals surface area contributed by atoms with Crippen LogP contribution in [0.15, 0.2) is 22.8 Å². The maximum atomic E-state index is 11.3. The van der Waals surface area contributed by atoms with Crippen LogP contribution < -0.4 is 5.32 Å². The van der Waals surface area contributed by atoms with Gasteiger partial charge in [-0.3, -0.25) is 4.79 Å². The van der Waals surface area contributed by atoms with E-state index in [0.29, 0.717) is 12.5 Å². The third kappa shape index (κ3) is 3.51. The first kappa shape index (κ1) is 12.5. The van der Waals surface area contributed by atoms with E-state index in [1.165, 1.54) is 0 Å². The van der Waals surface area contributed by atoms with Crippen molar-refractivity contribution in [2.24, 2.45) is 0 Å². The van der Waals surface area contributed by atoms with Crippen LogP contribution >= 0.6 is 15.9 Å². The molecule has 2 heterocycles. The Kier molecular flexibility index (Phi) is 4.12. The third-order valence-corrected chi connectivity index (χ3v) is 3.41. The molecule has 0 radical (unpaired) electrons. The molecule has 1 aliphatic heterocycles. The van der Waals surface area contributed by atoms with Crippen LogP contribution in [0.25, 0.3) is 0 Å². The number of pyridine rings is 1. The maximum absolute atomic E-state index is 11.3. The van der Waals surface area contributed by atoms with Gasteiger partial charge >= 0.3 is 0 Å². The zero-order valence-corrected chi connectivity index (χ0v) is 11.4. The van der Waals surface area contributed by atoms with Gasteiger partial charge in [0.05, 0.1) is 5.69 Å². The number of piperidine rings is 1. The summed E-state index contributed by atoms with van der Waals surface area (Å²) in [6.07, 6.45) is 1.55. The molecule has 17 heavy (non-hydrogen) atoms. The second-order valence-electron chi connectivity index (χ2n) is 4.34. The number of likely N-dealkylation sites (N-methyl/N-ethyl adjacent to an activating group) is 1. The molecule has 1 aliphatic rings. The van der Waals surface area contributed by atoms with Crippen LogP contribution in [0.4, 0.5) is 0 Å². The van der Waals surface area contributed by atoms with Gasteiger partial charge in [-0.15, -0.1) is 0 Å². The molecule has 1 atom stereocenters. The topological polar surface area (TPSA) is 45.2 Å². The van der Waals surface area contributed by atoms with Crippen LogP contribution in [0.2, 0.25) is 0 Å². The van der Waals surface area contributed by atoms with E-state index in [4.69, 9.17) is 0 Å². The summed E-state index contributed by atoms with van der Waals surface area (Å²) in [6.45, 7) is 1.53. The number of nitrogens with one attached hydrogen (secondary N) is 1. The van der Waals surface area contributed by atoms with Crippen LogP contribution in [-0.2, 0) is 11.3 Å². The van der Waals surface area contributed by atoms with Crippen LogP contribution in [0, 0.1) is 0 Å². The molecule has 1 fully saturated rings. The second-order valence-corrected chi connectivity index (χ2v) is 5.15. The SMILES string of the molecule is CN1CC(NCc2cccc(Br)n2)CCC1=O. The van der Waals surface area contributed by atoms with E-state index in [1.54, 1.807) is 4.90 Å². The summed E-state index contributed by atoms with van der Waals surface area (Å²) >= 11 is 3.35. The number of carbonyl (C=O) groups is 1. The van der Waals surface area contributed by atoms with Crippen molar-refractivity contribution in [1.29, 1.82) is 0 Å². The summed E-state index contributed by atoms with van der Waals surface area (Å²) in [5, 5.41) is 3.44. The molecular formula is C12H16BrN3O. The average molecular weight is 298 g/mol. The Labute approximate surface area is 110 Å². The highest BCUT2D eigenvalue weighted by Gasteiger charge is 2.22. The molecule has 92 valence electrons. The van der Waals surface area contributed by atoms with Gasteiger partial charge in [0.25, 0.3) is 0 Å². The van der Waals surface area contributed by atoms with Crippen molar-refractivity contribution in [3.8, 4) is 0 Å². The fourth-order valence-electron chi connectivity index (χ4n) is 1.98. The molecule has 2 rings (SSSR count). The first-order valence-electron chi connectivity index (χ1n) is 5.74. The van der Waals surface area contributed by atoms with Gasteiger partial charge < -0.3 is 10.2 Å². The standard InChI is InChI=1S/C12H16BrN3O/c1-16-8-10(5-6-12(16)17)14-7-9-3-2-4-11(13)15-9/h2-4,10,14H,5-8H2,1H3. The Morgan fingerprint density at radius 1 is 1.59 bits per heavy atom. The number of hydrogen-bond donors (Lipinski definition) is 1. The van der Waals surface area contributed by atoms with Crippen LogP contribution in [0.5, 0.6) is 0 Å². The lowest BCUT2D eigenvalue weighted by Gasteiger charge is -2.30. The van der Waals surface area contributed by atoms with Gasteiger partial charge in [0.15, 0.2) is 0 Å². The molecule has 0 aliphatic carbocycles. The fraction of sp³-hybridized carbons (Fsp3) is 0.500. The monoisotopic (exact) mass is 297 g/mol. The van der Waals surface area contributed by atoms with E-state index in [0.717, 1.165) is 29.8 Å². The smallest absolute Gasteiger partial charge is 0.222 e. The number of aromatic nitrogens is 1. The molecule has 1 amide bonds. The normalized spacial score (nSPS) is 20.7. The number of carbonyl (C=O) groups excluding carboxylic acids is 1. The summed E-state index contributed by atoms with van der Waals surface area (Å²) in [5.74, 6) is 0.239. The van der Waals surface area contributed by atoms with E-state index in [1.807, 2.05) is 25.2 Å². The lowest BCUT2D eigenvalue weighted by Crippen LogP contribution is -2.46. The number of amides is 1. The molecule has 5 heteroatoms. The van der Waals surface area contributed by atoms with Crippen LogP contribution in [0.1, 0.15) is 18.5 Å². The zero-order valence-electron chi connectivity index (χ0n) is 9.82. The van der Waals surface area contributed by atoms with Crippen molar-refractivity contribution in [3.63, 3.8) is 0 Å². The van der Waals surface area contributed by atoms with Gasteiger partial charge in [-0.1, -0.05) is 6.07 Å². The lowest BCUT2D eigenvalue weighted by molar-refractivity contribution is -0.132. The Morgan fingerprint density at radius 2 is 2.41 bits per heavy atom. The Hall–Kier alpha value is -0.940. The highest BCUT2D eigenvalue weighted by Crippen LogP contribution is 2.11. The number of hydrogen-bond acceptors (Lipinski definition) is 3. The van der Waals surface area contributed by atoms with Crippen molar-refractivity contribution >= 4 is 21.8 Å². The van der Waals surface area contributed by atoms with Crippen LogP contribution in [-0.4, -0.2) is 35.4 Å². The van der Waals surface area contributed by atoms with Crippen molar-refractivity contribution in [1.82, 2.24) is 15.2 Å². The van der Waals surface area contributed by atoms with Gasteiger partial charge in [-0.25, -0.2) is 4.98 Å². The van der Waals surface area contributed by atoms with Gasteiger partial charge in [0.2, 0.25) is 5.91 Å². The maximum Gasteiger partial charge on any atom is 0.222 e. The van der Waals surface area contributed by atoms with Gasteiger partial charge in [-0.05, 0) is 34.5 Å². The minimum atomic E-state index is 0.239. The molecule has 0 bridgehead atoms. The van der Waals surface area contributed by atoms with Gasteiger partial charge in [-0.2, -0.15) is 0 Å². The predicted molar refractivity (Wildman–Crippen MR) is 69.4 cm³/mol. The van der Waals surface area contributed by atoms with Crippen molar-refractivity contribution in [2.75, 3.05) is 13.6 Å². The Bertz CT molecular complexity index is 410. The van der Waals surface area contributed by atoms with E-state index >= 15 is 0 Å². The average Bonchev–Trinajstić information content (AvgIpc) is 2.31. The summed E-state index contributed by atoms with van der Waals surface area (Å²) in [6, 6.07) is 6.26. The Balaban J connectivity index is 1.84. The van der Waals surface area contributed by atoms with Crippen molar-refractivity contribution in [3.05, 3.63) is 28.5 Å². The molecule has 0 spiro atoms. The molecular weight excluding hydrogens is 282 g/mol. The number of likely N-dealkylation sites (tertiary alicyclic amines) is 1.